The standard InChI is InChI=1S/C10H8BrIN2O/c1-5-9(15-14-10(5)13)7-4-6(11)2-3-8(7)12/h2-4H,1H3,(H2,13,14). The minimum Gasteiger partial charge on any atom is -0.381 e. The zero-order valence-electron chi connectivity index (χ0n) is 7.92. The minimum atomic E-state index is 0.445. The molecule has 0 spiro atoms. The van der Waals surface area contributed by atoms with Crippen LogP contribution in [-0.2, 0) is 0 Å². The highest BCUT2D eigenvalue weighted by Gasteiger charge is 2.14. The first kappa shape index (κ1) is 10.9. The van der Waals surface area contributed by atoms with E-state index in [4.69, 9.17) is 10.3 Å². The molecule has 2 N–H and O–H groups in total. The van der Waals surface area contributed by atoms with Crippen LogP contribution in [0.1, 0.15) is 5.56 Å². The van der Waals surface area contributed by atoms with Crippen molar-refractivity contribution in [3.05, 3.63) is 31.8 Å². The van der Waals surface area contributed by atoms with E-state index in [9.17, 15) is 0 Å². The van der Waals surface area contributed by atoms with Crippen LogP contribution in [0, 0.1) is 10.5 Å². The molecule has 5 heteroatoms. The summed E-state index contributed by atoms with van der Waals surface area (Å²) in [4.78, 5) is 0. The van der Waals surface area contributed by atoms with Crippen LogP contribution in [0.5, 0.6) is 0 Å². The molecule has 0 saturated carbocycles. The van der Waals surface area contributed by atoms with Crippen molar-refractivity contribution in [2.45, 2.75) is 6.92 Å². The second-order valence-corrected chi connectivity index (χ2v) is 5.22. The Bertz CT molecular complexity index is 510. The Balaban J connectivity index is 2.63. The molecule has 0 fully saturated rings. The van der Waals surface area contributed by atoms with Crippen LogP contribution in [0.4, 0.5) is 5.82 Å². The average Bonchev–Trinajstić information content (AvgIpc) is 2.52. The molecule has 1 heterocycles. The molecule has 78 valence electrons. The molecule has 2 aromatic rings. The summed E-state index contributed by atoms with van der Waals surface area (Å²) < 4.78 is 7.33. The van der Waals surface area contributed by atoms with E-state index in [0.29, 0.717) is 5.82 Å². The largest absolute Gasteiger partial charge is 0.381 e. The van der Waals surface area contributed by atoms with Crippen LogP contribution < -0.4 is 5.73 Å². The second-order valence-electron chi connectivity index (χ2n) is 3.15. The van der Waals surface area contributed by atoms with Gasteiger partial charge in [0, 0.05) is 19.2 Å². The highest BCUT2D eigenvalue weighted by atomic mass is 127. The number of hydrogen-bond acceptors (Lipinski definition) is 3. The number of nitrogens with two attached hydrogens (primary N) is 1. The third-order valence-electron chi connectivity index (χ3n) is 2.13. The van der Waals surface area contributed by atoms with Crippen LogP contribution in [0.2, 0.25) is 0 Å². The molecule has 0 aliphatic heterocycles. The van der Waals surface area contributed by atoms with Gasteiger partial charge in [0.05, 0.1) is 0 Å². The normalized spacial score (nSPS) is 10.6. The maximum atomic E-state index is 5.65. The van der Waals surface area contributed by atoms with E-state index in [1.165, 1.54) is 0 Å². The molecule has 2 rings (SSSR count). The van der Waals surface area contributed by atoms with Crippen LogP contribution >= 0.6 is 38.5 Å². The maximum Gasteiger partial charge on any atom is 0.173 e. The molecule has 0 radical (unpaired) electrons. The Morgan fingerprint density at radius 3 is 2.80 bits per heavy atom. The van der Waals surface area contributed by atoms with Crippen molar-refractivity contribution in [2.24, 2.45) is 0 Å². The highest BCUT2D eigenvalue weighted by molar-refractivity contribution is 14.1. The third-order valence-corrected chi connectivity index (χ3v) is 3.57. The van der Waals surface area contributed by atoms with Crippen molar-refractivity contribution in [1.82, 2.24) is 5.16 Å². The van der Waals surface area contributed by atoms with E-state index in [1.807, 2.05) is 25.1 Å². The van der Waals surface area contributed by atoms with Gasteiger partial charge in [-0.15, -0.1) is 0 Å². The topological polar surface area (TPSA) is 52.0 Å². The summed E-state index contributed by atoms with van der Waals surface area (Å²) >= 11 is 5.69. The van der Waals surface area contributed by atoms with Crippen molar-refractivity contribution in [1.29, 1.82) is 0 Å². The van der Waals surface area contributed by atoms with Gasteiger partial charge in [-0.1, -0.05) is 21.1 Å². The lowest BCUT2D eigenvalue weighted by Gasteiger charge is -2.01. The van der Waals surface area contributed by atoms with Crippen molar-refractivity contribution >= 4 is 44.3 Å². The molecule has 15 heavy (non-hydrogen) atoms. The van der Waals surface area contributed by atoms with Gasteiger partial charge < -0.3 is 10.3 Å². The molecular weight excluding hydrogens is 371 g/mol. The van der Waals surface area contributed by atoms with Crippen LogP contribution in [-0.4, -0.2) is 5.16 Å². The van der Waals surface area contributed by atoms with E-state index in [0.717, 1.165) is 24.9 Å². The number of rotatable bonds is 1. The highest BCUT2D eigenvalue weighted by Crippen LogP contribution is 2.32. The summed E-state index contributed by atoms with van der Waals surface area (Å²) in [6.45, 7) is 1.90. The number of nitrogens with zero attached hydrogens (tertiary/aromatic N) is 1. The smallest absolute Gasteiger partial charge is 0.173 e. The molecule has 0 aliphatic carbocycles. The zero-order valence-corrected chi connectivity index (χ0v) is 11.7. The first-order valence-corrected chi connectivity index (χ1v) is 6.14. The van der Waals surface area contributed by atoms with Gasteiger partial charge in [0.2, 0.25) is 0 Å². The molecule has 1 aromatic carbocycles. The Kier molecular flexibility index (Phi) is 3.01. The fraction of sp³-hybridized carbons (Fsp3) is 0.100. The van der Waals surface area contributed by atoms with E-state index in [-0.39, 0.29) is 0 Å². The fourth-order valence-corrected chi connectivity index (χ4v) is 2.21. The summed E-state index contributed by atoms with van der Waals surface area (Å²) in [6.07, 6.45) is 0. The zero-order chi connectivity index (χ0) is 11.0. The van der Waals surface area contributed by atoms with Crippen LogP contribution in [0.25, 0.3) is 11.3 Å². The van der Waals surface area contributed by atoms with Gasteiger partial charge in [0.1, 0.15) is 0 Å². The molecule has 3 nitrogen and oxygen atoms in total. The molecule has 0 saturated heterocycles. The Morgan fingerprint density at radius 2 is 2.20 bits per heavy atom. The SMILES string of the molecule is Cc1c(N)noc1-c1cc(Br)ccc1I. The molecule has 0 aliphatic rings. The fourth-order valence-electron chi connectivity index (χ4n) is 1.27. The van der Waals surface area contributed by atoms with Crippen molar-refractivity contribution < 1.29 is 4.52 Å². The predicted octanol–water partition coefficient (Wildman–Crippen LogP) is 3.60. The van der Waals surface area contributed by atoms with Gasteiger partial charge in [-0.3, -0.25) is 0 Å². The third kappa shape index (κ3) is 2.03. The van der Waals surface area contributed by atoms with Gasteiger partial charge in [-0.25, -0.2) is 0 Å². The lowest BCUT2D eigenvalue weighted by atomic mass is 10.1. The quantitative estimate of drug-likeness (QED) is 0.771. The van der Waals surface area contributed by atoms with E-state index >= 15 is 0 Å². The summed E-state index contributed by atoms with van der Waals surface area (Å²) in [5, 5.41) is 3.75. The first-order chi connectivity index (χ1) is 7.09. The number of anilines is 1. The van der Waals surface area contributed by atoms with Crippen molar-refractivity contribution in [3.63, 3.8) is 0 Å². The van der Waals surface area contributed by atoms with Crippen molar-refractivity contribution in [2.75, 3.05) is 5.73 Å². The van der Waals surface area contributed by atoms with Gasteiger partial charge >= 0.3 is 0 Å². The average molecular weight is 379 g/mol. The number of benzene rings is 1. The summed E-state index contributed by atoms with van der Waals surface area (Å²) in [5.41, 5.74) is 7.53. The molecular formula is C10H8BrIN2O. The van der Waals surface area contributed by atoms with Gasteiger partial charge in [-0.05, 0) is 47.7 Å². The minimum absolute atomic E-state index is 0.445. The molecule has 1 aromatic heterocycles. The number of hydrogen-bond donors (Lipinski definition) is 1. The molecule has 0 amide bonds. The maximum absolute atomic E-state index is 5.65. The number of nitrogen functional groups attached to an aromatic ring is 1. The Labute approximate surface area is 109 Å². The van der Waals surface area contributed by atoms with Gasteiger partial charge in [-0.2, -0.15) is 0 Å². The van der Waals surface area contributed by atoms with E-state index < -0.39 is 0 Å². The van der Waals surface area contributed by atoms with Gasteiger partial charge in [0.25, 0.3) is 0 Å². The van der Waals surface area contributed by atoms with Crippen LogP contribution in [0.3, 0.4) is 0 Å². The second kappa shape index (κ2) is 4.13. The Morgan fingerprint density at radius 1 is 1.47 bits per heavy atom. The lowest BCUT2D eigenvalue weighted by molar-refractivity contribution is 0.435. The van der Waals surface area contributed by atoms with E-state index in [1.54, 1.807) is 0 Å². The number of aromatic nitrogens is 1. The molecule has 0 atom stereocenters. The summed E-state index contributed by atoms with van der Waals surface area (Å²) in [6, 6.07) is 5.99. The number of halogens is 2. The monoisotopic (exact) mass is 378 g/mol. The Hall–Kier alpha value is -0.560. The summed E-state index contributed by atoms with van der Waals surface area (Å²) in [7, 11) is 0. The van der Waals surface area contributed by atoms with Gasteiger partial charge in [0.15, 0.2) is 11.6 Å². The van der Waals surface area contributed by atoms with Crippen LogP contribution in [0.15, 0.2) is 27.2 Å². The first-order valence-electron chi connectivity index (χ1n) is 4.26. The lowest BCUT2D eigenvalue weighted by Crippen LogP contribution is -1.87. The van der Waals surface area contributed by atoms with Crippen molar-refractivity contribution in [3.8, 4) is 11.3 Å². The summed E-state index contributed by atoms with van der Waals surface area (Å²) in [5.74, 6) is 1.18. The van der Waals surface area contributed by atoms with E-state index in [2.05, 4.69) is 43.7 Å². The molecule has 0 bridgehead atoms. The molecule has 0 unspecified atom stereocenters. The predicted molar refractivity (Wildman–Crippen MR) is 71.5 cm³/mol.